The zero-order chi connectivity index (χ0) is 21.1. The Kier molecular flexibility index (Phi) is 5.61. The number of carbonyl (C=O) groups is 2. The summed E-state index contributed by atoms with van der Waals surface area (Å²) in [5, 5.41) is 3.81. The lowest BCUT2D eigenvalue weighted by Crippen LogP contribution is -2.41. The Hall–Kier alpha value is -3.48. The lowest BCUT2D eigenvalue weighted by molar-refractivity contribution is -0.121. The maximum atomic E-state index is 13.0. The summed E-state index contributed by atoms with van der Waals surface area (Å²) in [5.41, 5.74) is 2.06. The highest BCUT2D eigenvalue weighted by molar-refractivity contribution is 6.00. The van der Waals surface area contributed by atoms with Gasteiger partial charge in [0, 0.05) is 36.1 Å². The van der Waals surface area contributed by atoms with Crippen molar-refractivity contribution in [1.29, 1.82) is 0 Å². The molecule has 0 aliphatic carbocycles. The predicted molar refractivity (Wildman–Crippen MR) is 115 cm³/mol. The molecule has 4 rings (SSSR count). The van der Waals surface area contributed by atoms with Gasteiger partial charge in [0.25, 0.3) is 5.91 Å². The Bertz CT molecular complexity index is 1050. The van der Waals surface area contributed by atoms with Gasteiger partial charge in [-0.2, -0.15) is 0 Å². The van der Waals surface area contributed by atoms with Crippen LogP contribution in [0.1, 0.15) is 23.3 Å². The minimum Gasteiger partial charge on any atom is -0.497 e. The molecular weight excluding hydrogens is 382 g/mol. The number of hydrogen-bond acceptors (Lipinski definition) is 4. The molecule has 1 aromatic heterocycles. The molecule has 2 heterocycles. The second-order valence-corrected chi connectivity index (χ2v) is 7.40. The molecule has 1 fully saturated rings. The Balaban J connectivity index is 1.42. The van der Waals surface area contributed by atoms with Crippen LogP contribution in [-0.2, 0) is 4.79 Å². The summed E-state index contributed by atoms with van der Waals surface area (Å²) in [7, 11) is 3.18. The molecule has 2 aromatic carbocycles. The van der Waals surface area contributed by atoms with Crippen LogP contribution in [0.3, 0.4) is 0 Å². The molecule has 0 bridgehead atoms. The molecule has 0 atom stereocenters. The number of piperidine rings is 1. The number of amides is 2. The molecule has 1 aliphatic heterocycles. The van der Waals surface area contributed by atoms with E-state index in [4.69, 9.17) is 9.47 Å². The van der Waals surface area contributed by atoms with Crippen molar-refractivity contribution in [2.45, 2.75) is 12.8 Å². The van der Waals surface area contributed by atoms with Gasteiger partial charge in [0.1, 0.15) is 17.2 Å². The number of benzene rings is 2. The van der Waals surface area contributed by atoms with Gasteiger partial charge in [-0.15, -0.1) is 0 Å². The zero-order valence-electron chi connectivity index (χ0n) is 17.1. The smallest absolute Gasteiger partial charge is 0.270 e. The zero-order valence-corrected chi connectivity index (χ0v) is 17.1. The predicted octanol–water partition coefficient (Wildman–Crippen LogP) is 3.68. The number of para-hydroxylation sites is 1. The number of rotatable bonds is 5. The van der Waals surface area contributed by atoms with Crippen molar-refractivity contribution in [3.8, 4) is 11.5 Å². The van der Waals surface area contributed by atoms with E-state index in [0.717, 1.165) is 16.6 Å². The second-order valence-electron chi connectivity index (χ2n) is 7.40. The van der Waals surface area contributed by atoms with Crippen LogP contribution < -0.4 is 14.8 Å². The fourth-order valence-electron chi connectivity index (χ4n) is 3.86. The van der Waals surface area contributed by atoms with Crippen LogP contribution in [0.5, 0.6) is 11.5 Å². The fourth-order valence-corrected chi connectivity index (χ4v) is 3.86. The van der Waals surface area contributed by atoms with Crippen molar-refractivity contribution in [1.82, 2.24) is 9.88 Å². The molecule has 156 valence electrons. The van der Waals surface area contributed by atoms with Crippen molar-refractivity contribution in [3.63, 3.8) is 0 Å². The minimum atomic E-state index is -0.0960. The SMILES string of the molecule is COc1cc(OC)c2[nH]c(C(=O)N3CCC(C(=O)Nc4ccccc4)CC3)cc2c1. The molecule has 7 heteroatoms. The van der Waals surface area contributed by atoms with E-state index in [1.165, 1.54) is 0 Å². The number of aromatic nitrogens is 1. The average Bonchev–Trinajstić information content (AvgIpc) is 3.22. The van der Waals surface area contributed by atoms with Crippen LogP contribution >= 0.6 is 0 Å². The van der Waals surface area contributed by atoms with Crippen molar-refractivity contribution in [3.05, 3.63) is 54.2 Å². The molecule has 0 saturated carbocycles. The first-order valence-corrected chi connectivity index (χ1v) is 9.99. The van der Waals surface area contributed by atoms with Crippen molar-refractivity contribution in [2.75, 3.05) is 32.6 Å². The minimum absolute atomic E-state index is 0.00995. The van der Waals surface area contributed by atoms with Gasteiger partial charge in [0.2, 0.25) is 5.91 Å². The number of H-pyrrole nitrogens is 1. The third-order valence-electron chi connectivity index (χ3n) is 5.55. The Morgan fingerprint density at radius 1 is 1.03 bits per heavy atom. The summed E-state index contributed by atoms with van der Waals surface area (Å²) in [4.78, 5) is 30.5. The van der Waals surface area contributed by atoms with Gasteiger partial charge in [-0.25, -0.2) is 0 Å². The molecule has 1 saturated heterocycles. The van der Waals surface area contributed by atoms with Crippen molar-refractivity contribution < 1.29 is 19.1 Å². The first-order chi connectivity index (χ1) is 14.6. The number of aromatic amines is 1. The average molecular weight is 407 g/mol. The molecule has 2 amide bonds. The number of methoxy groups -OCH3 is 2. The molecule has 0 unspecified atom stereocenters. The van der Waals surface area contributed by atoms with Gasteiger partial charge in [-0.3, -0.25) is 9.59 Å². The highest BCUT2D eigenvalue weighted by Crippen LogP contribution is 2.32. The van der Waals surface area contributed by atoms with E-state index in [1.807, 2.05) is 42.5 Å². The van der Waals surface area contributed by atoms with E-state index in [-0.39, 0.29) is 17.7 Å². The summed E-state index contributed by atoms with van der Waals surface area (Å²) in [6.07, 6.45) is 1.28. The molecule has 30 heavy (non-hydrogen) atoms. The highest BCUT2D eigenvalue weighted by atomic mass is 16.5. The number of carbonyl (C=O) groups excluding carboxylic acids is 2. The Morgan fingerprint density at radius 3 is 2.43 bits per heavy atom. The van der Waals surface area contributed by atoms with Crippen LogP contribution in [0, 0.1) is 5.92 Å². The summed E-state index contributed by atoms with van der Waals surface area (Å²) < 4.78 is 10.7. The van der Waals surface area contributed by atoms with E-state index < -0.39 is 0 Å². The van der Waals surface area contributed by atoms with E-state index in [0.29, 0.717) is 43.1 Å². The number of nitrogens with one attached hydrogen (secondary N) is 2. The monoisotopic (exact) mass is 407 g/mol. The summed E-state index contributed by atoms with van der Waals surface area (Å²) in [5.74, 6) is 1.13. The molecule has 0 radical (unpaired) electrons. The molecular formula is C23H25N3O4. The van der Waals surface area contributed by atoms with Crippen LogP contribution in [0.15, 0.2) is 48.5 Å². The first kappa shape index (κ1) is 19.8. The summed E-state index contributed by atoms with van der Waals surface area (Å²) in [6, 6.07) is 14.9. The third-order valence-corrected chi connectivity index (χ3v) is 5.55. The van der Waals surface area contributed by atoms with E-state index >= 15 is 0 Å². The third kappa shape index (κ3) is 3.96. The van der Waals surface area contributed by atoms with Gasteiger partial charge >= 0.3 is 0 Å². The van der Waals surface area contributed by atoms with E-state index in [2.05, 4.69) is 10.3 Å². The first-order valence-electron chi connectivity index (χ1n) is 9.99. The number of fused-ring (bicyclic) bond motifs is 1. The molecule has 0 spiro atoms. The van der Waals surface area contributed by atoms with Gasteiger partial charge in [0.15, 0.2) is 0 Å². The van der Waals surface area contributed by atoms with Crippen LogP contribution in [0.4, 0.5) is 5.69 Å². The maximum Gasteiger partial charge on any atom is 0.270 e. The van der Waals surface area contributed by atoms with Gasteiger partial charge < -0.3 is 24.7 Å². The van der Waals surface area contributed by atoms with Crippen molar-refractivity contribution >= 4 is 28.4 Å². The number of nitrogens with zero attached hydrogens (tertiary/aromatic N) is 1. The quantitative estimate of drug-likeness (QED) is 0.676. The van der Waals surface area contributed by atoms with Crippen LogP contribution in [0.25, 0.3) is 10.9 Å². The topological polar surface area (TPSA) is 83.7 Å². The lowest BCUT2D eigenvalue weighted by Gasteiger charge is -2.31. The van der Waals surface area contributed by atoms with Gasteiger partial charge in [0.05, 0.1) is 19.7 Å². The molecule has 7 nitrogen and oxygen atoms in total. The second kappa shape index (κ2) is 8.49. The molecule has 1 aliphatic rings. The van der Waals surface area contributed by atoms with Gasteiger partial charge in [-0.1, -0.05) is 18.2 Å². The summed E-state index contributed by atoms with van der Waals surface area (Å²) in [6.45, 7) is 1.09. The number of ether oxygens (including phenoxy) is 2. The van der Waals surface area contributed by atoms with E-state index in [1.54, 1.807) is 25.2 Å². The normalized spacial score (nSPS) is 14.5. The van der Waals surface area contributed by atoms with Gasteiger partial charge in [-0.05, 0) is 37.1 Å². The largest absolute Gasteiger partial charge is 0.497 e. The highest BCUT2D eigenvalue weighted by Gasteiger charge is 2.28. The Labute approximate surface area is 175 Å². The number of anilines is 1. The molecule has 3 aromatic rings. The molecule has 2 N–H and O–H groups in total. The lowest BCUT2D eigenvalue weighted by atomic mass is 9.95. The fraction of sp³-hybridized carbons (Fsp3) is 0.304. The Morgan fingerprint density at radius 2 is 1.77 bits per heavy atom. The summed E-state index contributed by atoms with van der Waals surface area (Å²) >= 11 is 0. The number of likely N-dealkylation sites (tertiary alicyclic amines) is 1. The number of hydrogen-bond donors (Lipinski definition) is 2. The van der Waals surface area contributed by atoms with Crippen LogP contribution in [-0.4, -0.2) is 49.0 Å². The van der Waals surface area contributed by atoms with Crippen molar-refractivity contribution in [2.24, 2.45) is 5.92 Å². The van der Waals surface area contributed by atoms with Crippen LogP contribution in [0.2, 0.25) is 0 Å². The van der Waals surface area contributed by atoms with E-state index in [9.17, 15) is 9.59 Å². The standard InChI is InChI=1S/C23H25N3O4/c1-29-18-12-16-13-19(25-21(16)20(14-18)30-2)23(28)26-10-8-15(9-11-26)22(27)24-17-6-4-3-5-7-17/h3-7,12-15,25H,8-11H2,1-2H3,(H,24,27). The maximum absolute atomic E-state index is 13.0.